The van der Waals surface area contributed by atoms with E-state index in [1.54, 1.807) is 6.08 Å². The predicted octanol–water partition coefficient (Wildman–Crippen LogP) is 3.26. The van der Waals surface area contributed by atoms with Crippen LogP contribution in [0, 0.1) is 6.92 Å². The van der Waals surface area contributed by atoms with E-state index in [2.05, 4.69) is 6.58 Å². The summed E-state index contributed by atoms with van der Waals surface area (Å²) in [6.07, 6.45) is 5.72. The van der Waals surface area contributed by atoms with Crippen LogP contribution in [0.25, 0.3) is 12.2 Å². The molecular formula is C10H12O. The van der Waals surface area contributed by atoms with Gasteiger partial charge in [-0.25, -0.2) is 0 Å². The van der Waals surface area contributed by atoms with Crippen LogP contribution in [0.3, 0.4) is 0 Å². The van der Waals surface area contributed by atoms with Crippen LogP contribution >= 0.6 is 0 Å². The molecule has 0 spiro atoms. The third-order valence-electron chi connectivity index (χ3n) is 1.45. The molecule has 1 heteroatoms. The third kappa shape index (κ3) is 1.61. The highest BCUT2D eigenvalue weighted by molar-refractivity contribution is 5.60. The minimum atomic E-state index is 0.848. The molecule has 0 N–H and O–H groups in total. The highest BCUT2D eigenvalue weighted by atomic mass is 16.3. The number of allylic oxidation sites excluding steroid dienone is 1. The molecule has 0 aromatic carbocycles. The molecule has 1 nitrogen and oxygen atoms in total. The molecule has 0 saturated heterocycles. The van der Waals surface area contributed by atoms with Gasteiger partial charge in [-0.1, -0.05) is 18.7 Å². The van der Waals surface area contributed by atoms with Gasteiger partial charge in [0.1, 0.15) is 11.5 Å². The lowest BCUT2D eigenvalue weighted by Gasteiger charge is -1.86. The molecule has 0 fully saturated rings. The Balaban J connectivity index is 3.11. The number of hydrogen-bond acceptors (Lipinski definition) is 1. The minimum Gasteiger partial charge on any atom is -0.461 e. The Bertz CT molecular complexity index is 279. The molecule has 0 aliphatic heterocycles. The van der Waals surface area contributed by atoms with Crippen molar-refractivity contribution in [3.63, 3.8) is 0 Å². The van der Waals surface area contributed by atoms with E-state index in [0.29, 0.717) is 0 Å². The summed E-state index contributed by atoms with van der Waals surface area (Å²) >= 11 is 0. The maximum Gasteiger partial charge on any atom is 0.133 e. The molecule has 1 aromatic rings. The molecule has 0 unspecified atom stereocenters. The summed E-state index contributed by atoms with van der Waals surface area (Å²) in [7, 11) is 0. The lowest BCUT2D eigenvalue weighted by molar-refractivity contribution is 0.524. The van der Waals surface area contributed by atoms with Gasteiger partial charge < -0.3 is 4.42 Å². The molecule has 1 aromatic heterocycles. The van der Waals surface area contributed by atoms with Gasteiger partial charge in [-0.15, -0.1) is 0 Å². The maximum atomic E-state index is 5.35. The third-order valence-corrected chi connectivity index (χ3v) is 1.45. The average Bonchev–Trinajstić information content (AvgIpc) is 2.32. The summed E-state index contributed by atoms with van der Waals surface area (Å²) < 4.78 is 5.35. The van der Waals surface area contributed by atoms with Crippen molar-refractivity contribution in [2.75, 3.05) is 0 Å². The van der Waals surface area contributed by atoms with Crippen molar-refractivity contribution < 1.29 is 4.42 Å². The van der Waals surface area contributed by atoms with Gasteiger partial charge in [-0.3, -0.25) is 0 Å². The average molecular weight is 148 g/mol. The first kappa shape index (κ1) is 7.86. The number of rotatable bonds is 2. The van der Waals surface area contributed by atoms with Crippen LogP contribution < -0.4 is 0 Å². The lowest BCUT2D eigenvalue weighted by atomic mass is 10.2. The smallest absolute Gasteiger partial charge is 0.133 e. The predicted molar refractivity (Wildman–Crippen MR) is 48.2 cm³/mol. The molecule has 1 rings (SSSR count). The number of furan rings is 1. The second kappa shape index (κ2) is 3.24. The van der Waals surface area contributed by atoms with Crippen LogP contribution in [0.2, 0.25) is 0 Å². The number of hydrogen-bond donors (Lipinski definition) is 0. The zero-order valence-corrected chi connectivity index (χ0v) is 6.92. The van der Waals surface area contributed by atoms with E-state index < -0.39 is 0 Å². The second-order valence-corrected chi connectivity index (χ2v) is 2.38. The largest absolute Gasteiger partial charge is 0.461 e. The Kier molecular flexibility index (Phi) is 2.32. The topological polar surface area (TPSA) is 13.1 Å². The van der Waals surface area contributed by atoms with E-state index in [1.807, 2.05) is 32.1 Å². The van der Waals surface area contributed by atoms with Crippen molar-refractivity contribution in [3.8, 4) is 0 Å². The Morgan fingerprint density at radius 1 is 1.55 bits per heavy atom. The molecule has 1 heterocycles. The SMILES string of the molecule is C=Cc1oc(C)cc1C=CC. The van der Waals surface area contributed by atoms with E-state index >= 15 is 0 Å². The summed E-state index contributed by atoms with van der Waals surface area (Å²) in [6.45, 7) is 7.57. The van der Waals surface area contributed by atoms with Crippen molar-refractivity contribution in [1.29, 1.82) is 0 Å². The van der Waals surface area contributed by atoms with Crippen molar-refractivity contribution in [1.82, 2.24) is 0 Å². The summed E-state index contributed by atoms with van der Waals surface area (Å²) in [5.41, 5.74) is 1.10. The summed E-state index contributed by atoms with van der Waals surface area (Å²) in [5.74, 6) is 1.77. The summed E-state index contributed by atoms with van der Waals surface area (Å²) in [5, 5.41) is 0. The zero-order chi connectivity index (χ0) is 8.27. The van der Waals surface area contributed by atoms with Crippen LogP contribution in [0.1, 0.15) is 24.0 Å². The van der Waals surface area contributed by atoms with Crippen molar-refractivity contribution in [3.05, 3.63) is 35.8 Å². The van der Waals surface area contributed by atoms with Crippen LogP contribution in [0.15, 0.2) is 23.1 Å². The first-order valence-corrected chi connectivity index (χ1v) is 3.63. The van der Waals surface area contributed by atoms with Gasteiger partial charge in [-0.05, 0) is 26.0 Å². The molecule has 0 aliphatic rings. The molecule has 58 valence electrons. The van der Waals surface area contributed by atoms with Gasteiger partial charge in [-0.2, -0.15) is 0 Å². The number of aryl methyl sites for hydroxylation is 1. The van der Waals surface area contributed by atoms with Crippen molar-refractivity contribution in [2.24, 2.45) is 0 Å². The van der Waals surface area contributed by atoms with E-state index in [1.165, 1.54) is 0 Å². The fourth-order valence-electron chi connectivity index (χ4n) is 1.02. The molecule has 0 aliphatic carbocycles. The fraction of sp³-hybridized carbons (Fsp3) is 0.200. The molecule has 0 amide bonds. The van der Waals surface area contributed by atoms with Gasteiger partial charge in [0.15, 0.2) is 0 Å². The lowest BCUT2D eigenvalue weighted by Crippen LogP contribution is -1.67. The zero-order valence-electron chi connectivity index (χ0n) is 6.92. The monoisotopic (exact) mass is 148 g/mol. The van der Waals surface area contributed by atoms with E-state index in [4.69, 9.17) is 4.42 Å². The normalized spacial score (nSPS) is 10.7. The quantitative estimate of drug-likeness (QED) is 0.627. The Hall–Kier alpha value is -1.24. The Labute approximate surface area is 67.0 Å². The Morgan fingerprint density at radius 2 is 2.27 bits per heavy atom. The second-order valence-electron chi connectivity index (χ2n) is 2.38. The first-order valence-electron chi connectivity index (χ1n) is 3.63. The van der Waals surface area contributed by atoms with Gasteiger partial charge in [0.05, 0.1) is 0 Å². The molecular weight excluding hydrogens is 136 g/mol. The van der Waals surface area contributed by atoms with E-state index in [-0.39, 0.29) is 0 Å². The molecule has 0 atom stereocenters. The van der Waals surface area contributed by atoms with Crippen LogP contribution in [-0.4, -0.2) is 0 Å². The van der Waals surface area contributed by atoms with E-state index in [9.17, 15) is 0 Å². The highest BCUT2D eigenvalue weighted by Crippen LogP contribution is 2.17. The van der Waals surface area contributed by atoms with E-state index in [0.717, 1.165) is 17.1 Å². The standard InChI is InChI=1S/C10H12O/c1-4-6-9-7-8(3)11-10(9)5-2/h4-7H,2H2,1,3H3. The van der Waals surface area contributed by atoms with Crippen LogP contribution in [0.5, 0.6) is 0 Å². The van der Waals surface area contributed by atoms with Crippen molar-refractivity contribution >= 4 is 12.2 Å². The minimum absolute atomic E-state index is 0.848. The first-order chi connectivity index (χ1) is 5.27. The van der Waals surface area contributed by atoms with Crippen molar-refractivity contribution in [2.45, 2.75) is 13.8 Å². The summed E-state index contributed by atoms with van der Waals surface area (Å²) in [4.78, 5) is 0. The summed E-state index contributed by atoms with van der Waals surface area (Å²) in [6, 6.07) is 2.00. The molecule has 0 bridgehead atoms. The molecule has 0 radical (unpaired) electrons. The van der Waals surface area contributed by atoms with Gasteiger partial charge in [0, 0.05) is 5.56 Å². The van der Waals surface area contributed by atoms with Crippen LogP contribution in [0.4, 0.5) is 0 Å². The van der Waals surface area contributed by atoms with Gasteiger partial charge >= 0.3 is 0 Å². The molecule has 11 heavy (non-hydrogen) atoms. The maximum absolute atomic E-state index is 5.35. The fourth-order valence-corrected chi connectivity index (χ4v) is 1.02. The van der Waals surface area contributed by atoms with Gasteiger partial charge in [0.25, 0.3) is 0 Å². The van der Waals surface area contributed by atoms with Crippen LogP contribution in [-0.2, 0) is 0 Å². The highest BCUT2D eigenvalue weighted by Gasteiger charge is 2.00. The van der Waals surface area contributed by atoms with Gasteiger partial charge in [0.2, 0.25) is 0 Å². The Morgan fingerprint density at radius 3 is 2.82 bits per heavy atom. The molecule has 0 saturated carbocycles.